The van der Waals surface area contributed by atoms with E-state index in [0.29, 0.717) is 6.08 Å². The summed E-state index contributed by atoms with van der Waals surface area (Å²) in [5, 5.41) is 16.8. The van der Waals surface area contributed by atoms with Crippen LogP contribution in [0.1, 0.15) is 0 Å². The fourth-order valence-electron chi connectivity index (χ4n) is 0.563. The first-order valence-electron chi connectivity index (χ1n) is 3.03. The van der Waals surface area contributed by atoms with Gasteiger partial charge in [-0.3, -0.25) is 14.9 Å². The van der Waals surface area contributed by atoms with Gasteiger partial charge in [0, 0.05) is 12.1 Å². The highest BCUT2D eigenvalue weighted by molar-refractivity contribution is 5.36. The molecule has 0 aliphatic carbocycles. The van der Waals surface area contributed by atoms with Crippen molar-refractivity contribution < 1.29 is 14.1 Å². The van der Waals surface area contributed by atoms with E-state index in [1.165, 1.54) is 0 Å². The van der Waals surface area contributed by atoms with Crippen molar-refractivity contribution in [3.05, 3.63) is 45.6 Å². The van der Waals surface area contributed by atoms with Gasteiger partial charge in [-0.15, -0.1) is 0 Å². The number of nitro groups is 1. The molecular formula is C7H4FN2O3-. The maximum atomic E-state index is 12.1. The Labute approximate surface area is 72.5 Å². The SMILES string of the molecule is O=[N+]([O-])c1ccc(F)cc1.[N-]=C=O. The van der Waals surface area contributed by atoms with Crippen molar-refractivity contribution in [2.75, 3.05) is 0 Å². The van der Waals surface area contributed by atoms with Gasteiger partial charge in [0.2, 0.25) is 0 Å². The van der Waals surface area contributed by atoms with Crippen LogP contribution in [-0.4, -0.2) is 11.0 Å². The van der Waals surface area contributed by atoms with Gasteiger partial charge in [-0.1, -0.05) is 0 Å². The van der Waals surface area contributed by atoms with Gasteiger partial charge in [0.25, 0.3) is 5.69 Å². The number of nitrogens with zero attached hydrogens (tertiary/aromatic N) is 2. The Bertz CT molecular complexity index is 317. The van der Waals surface area contributed by atoms with Gasteiger partial charge in [-0.2, -0.15) is 0 Å². The Kier molecular flexibility index (Phi) is 4.68. The van der Waals surface area contributed by atoms with Crippen LogP contribution >= 0.6 is 0 Å². The largest absolute Gasteiger partial charge is 0.724 e. The van der Waals surface area contributed by atoms with Gasteiger partial charge in [0.05, 0.1) is 4.92 Å². The molecule has 13 heavy (non-hydrogen) atoms. The second-order valence-electron chi connectivity index (χ2n) is 1.82. The molecule has 0 amide bonds. The highest BCUT2D eigenvalue weighted by Gasteiger charge is 2.01. The maximum Gasteiger partial charge on any atom is 0.269 e. The monoisotopic (exact) mass is 183 g/mol. The normalized spacial score (nSPS) is 7.77. The summed E-state index contributed by atoms with van der Waals surface area (Å²) in [6, 6.07) is 4.35. The average Bonchev–Trinajstić information content (AvgIpc) is 2.06. The van der Waals surface area contributed by atoms with Gasteiger partial charge in [-0.05, 0) is 18.2 Å². The number of hydrogen-bond donors (Lipinski definition) is 0. The van der Waals surface area contributed by atoms with E-state index >= 15 is 0 Å². The molecule has 0 bridgehead atoms. The fraction of sp³-hybridized carbons (Fsp3) is 0. The highest BCUT2D eigenvalue weighted by Crippen LogP contribution is 2.09. The predicted octanol–water partition coefficient (Wildman–Crippen LogP) is 1.63. The zero-order valence-corrected chi connectivity index (χ0v) is 6.31. The number of benzene rings is 1. The average molecular weight is 183 g/mol. The molecule has 0 saturated carbocycles. The van der Waals surface area contributed by atoms with E-state index in [-0.39, 0.29) is 5.69 Å². The second kappa shape index (κ2) is 5.56. The standard InChI is InChI=1S/C6H4FNO2.CNO/c7-5-1-3-6(4-2-5)8(9)10;2-1-3/h1-4H;/q;-1. The van der Waals surface area contributed by atoms with E-state index in [9.17, 15) is 14.5 Å². The molecule has 68 valence electrons. The Morgan fingerprint density at radius 3 is 2.08 bits per heavy atom. The first-order valence-corrected chi connectivity index (χ1v) is 3.03. The maximum absolute atomic E-state index is 12.1. The molecular weight excluding hydrogens is 179 g/mol. The van der Waals surface area contributed by atoms with E-state index in [1.807, 2.05) is 0 Å². The van der Waals surface area contributed by atoms with E-state index in [0.717, 1.165) is 24.3 Å². The molecule has 0 spiro atoms. The number of carbonyl (C=O) groups excluding carboxylic acids is 1. The van der Waals surface area contributed by atoms with Crippen molar-refractivity contribution in [3.8, 4) is 0 Å². The summed E-state index contributed by atoms with van der Waals surface area (Å²) in [5.74, 6) is -0.467. The molecule has 5 nitrogen and oxygen atoms in total. The number of rotatable bonds is 1. The van der Waals surface area contributed by atoms with Crippen molar-refractivity contribution in [1.82, 2.24) is 0 Å². The van der Waals surface area contributed by atoms with E-state index in [4.69, 9.17) is 10.2 Å². The molecule has 0 fully saturated rings. The minimum Gasteiger partial charge on any atom is -0.724 e. The predicted molar refractivity (Wildman–Crippen MR) is 42.1 cm³/mol. The first-order chi connectivity index (χ1) is 6.11. The van der Waals surface area contributed by atoms with Crippen LogP contribution in [-0.2, 0) is 4.79 Å². The number of non-ortho nitro benzene ring substituents is 1. The van der Waals surface area contributed by atoms with E-state index in [1.54, 1.807) is 0 Å². The summed E-state index contributed by atoms with van der Waals surface area (Å²) >= 11 is 0. The molecule has 0 unspecified atom stereocenters. The van der Waals surface area contributed by atoms with Crippen LogP contribution in [0.15, 0.2) is 24.3 Å². The van der Waals surface area contributed by atoms with Crippen LogP contribution in [0.25, 0.3) is 5.41 Å². The molecule has 0 aromatic heterocycles. The Hall–Kier alpha value is -2.07. The third kappa shape index (κ3) is 4.39. The van der Waals surface area contributed by atoms with Gasteiger partial charge >= 0.3 is 0 Å². The third-order valence-electron chi connectivity index (χ3n) is 1.04. The number of halogens is 1. The fourth-order valence-corrected chi connectivity index (χ4v) is 0.563. The van der Waals surface area contributed by atoms with E-state index in [2.05, 4.69) is 0 Å². The van der Waals surface area contributed by atoms with Crippen molar-refractivity contribution >= 4 is 11.8 Å². The topological polar surface area (TPSA) is 82.5 Å². The van der Waals surface area contributed by atoms with Crippen LogP contribution in [0, 0.1) is 15.9 Å². The first kappa shape index (κ1) is 10.9. The van der Waals surface area contributed by atoms with Crippen molar-refractivity contribution in [1.29, 1.82) is 0 Å². The van der Waals surface area contributed by atoms with Crippen LogP contribution in [0.4, 0.5) is 10.1 Å². The van der Waals surface area contributed by atoms with Crippen molar-refractivity contribution in [2.24, 2.45) is 0 Å². The number of hydrogen-bond acceptors (Lipinski definition) is 3. The summed E-state index contributed by atoms with van der Waals surface area (Å²) < 4.78 is 12.1. The molecule has 0 aliphatic rings. The zero-order valence-electron chi connectivity index (χ0n) is 6.31. The summed E-state index contributed by atoms with van der Waals surface area (Å²) in [7, 11) is 0. The van der Waals surface area contributed by atoms with Gasteiger partial charge in [0.15, 0.2) is 0 Å². The molecule has 0 N–H and O–H groups in total. The number of isocyanates is 1. The summed E-state index contributed by atoms with van der Waals surface area (Å²) in [6.07, 6.45) is 0.500. The van der Waals surface area contributed by atoms with Gasteiger partial charge in [-0.25, -0.2) is 4.39 Å². The van der Waals surface area contributed by atoms with Gasteiger partial charge in [0.1, 0.15) is 5.82 Å². The zero-order chi connectivity index (χ0) is 10.3. The molecule has 1 rings (SSSR count). The Morgan fingerprint density at radius 1 is 1.38 bits per heavy atom. The van der Waals surface area contributed by atoms with E-state index < -0.39 is 10.7 Å². The summed E-state index contributed by atoms with van der Waals surface area (Å²) in [5.41, 5.74) is -0.0959. The lowest BCUT2D eigenvalue weighted by Gasteiger charge is -1.87. The molecule has 0 aliphatic heterocycles. The Morgan fingerprint density at radius 2 is 1.77 bits per heavy atom. The number of nitro benzene ring substituents is 1. The lowest BCUT2D eigenvalue weighted by atomic mass is 10.3. The second-order valence-corrected chi connectivity index (χ2v) is 1.82. The minimum absolute atomic E-state index is 0.0959. The van der Waals surface area contributed by atoms with Crippen LogP contribution in [0.3, 0.4) is 0 Å². The minimum atomic E-state index is -0.570. The molecule has 0 saturated heterocycles. The third-order valence-corrected chi connectivity index (χ3v) is 1.04. The Balaban J connectivity index is 0.000000424. The quantitative estimate of drug-likeness (QED) is 0.287. The highest BCUT2D eigenvalue weighted by atomic mass is 19.1. The summed E-state index contributed by atoms with van der Waals surface area (Å²) in [6.45, 7) is 0. The van der Waals surface area contributed by atoms with Crippen LogP contribution in [0.2, 0.25) is 0 Å². The lowest BCUT2D eigenvalue weighted by molar-refractivity contribution is -0.384. The van der Waals surface area contributed by atoms with Gasteiger partial charge < -0.3 is 5.41 Å². The van der Waals surface area contributed by atoms with Crippen LogP contribution < -0.4 is 0 Å². The van der Waals surface area contributed by atoms with Crippen molar-refractivity contribution in [2.45, 2.75) is 0 Å². The smallest absolute Gasteiger partial charge is 0.269 e. The van der Waals surface area contributed by atoms with Crippen molar-refractivity contribution in [3.63, 3.8) is 0 Å². The summed E-state index contributed by atoms with van der Waals surface area (Å²) in [4.78, 5) is 17.7. The lowest BCUT2D eigenvalue weighted by Crippen LogP contribution is -1.86. The molecule has 6 heteroatoms. The molecule has 1 aromatic rings. The molecule has 0 radical (unpaired) electrons. The molecule has 0 heterocycles. The van der Waals surface area contributed by atoms with Crippen LogP contribution in [0.5, 0.6) is 0 Å². The molecule has 1 aromatic carbocycles. The molecule has 0 atom stereocenters.